The minimum atomic E-state index is 0.658. The van der Waals surface area contributed by atoms with Gasteiger partial charge >= 0.3 is 0 Å². The zero-order valence-corrected chi connectivity index (χ0v) is 8.86. The Labute approximate surface area is 88.1 Å². The molecule has 0 saturated heterocycles. The van der Waals surface area contributed by atoms with Crippen LogP contribution in [0, 0.1) is 6.92 Å². The second kappa shape index (κ2) is 3.64. The summed E-state index contributed by atoms with van der Waals surface area (Å²) in [6, 6.07) is 4.13. The number of hydrogen-bond donors (Lipinski definition) is 2. The molecule has 0 spiro atoms. The quantitative estimate of drug-likeness (QED) is 0.783. The van der Waals surface area contributed by atoms with Crippen LogP contribution in [0.1, 0.15) is 11.1 Å². The molecule has 74 valence electrons. The van der Waals surface area contributed by atoms with E-state index in [2.05, 4.69) is 18.0 Å². The summed E-state index contributed by atoms with van der Waals surface area (Å²) >= 11 is 6.14. The van der Waals surface area contributed by atoms with Crippen molar-refractivity contribution in [2.75, 3.05) is 6.54 Å². The van der Waals surface area contributed by atoms with E-state index in [-0.39, 0.29) is 0 Å². The number of benzene rings is 1. The molecule has 0 aliphatic rings. The Hall–Kier alpha value is -0.990. The molecule has 2 rings (SSSR count). The predicted molar refractivity (Wildman–Crippen MR) is 60.8 cm³/mol. The van der Waals surface area contributed by atoms with Crippen molar-refractivity contribution in [3.05, 3.63) is 34.5 Å². The highest BCUT2D eigenvalue weighted by atomic mass is 35.5. The van der Waals surface area contributed by atoms with Gasteiger partial charge in [-0.25, -0.2) is 0 Å². The third-order valence-corrected chi connectivity index (χ3v) is 2.74. The molecular formula is C11H13ClN2. The number of hydrogen-bond acceptors (Lipinski definition) is 1. The minimum absolute atomic E-state index is 0.658. The van der Waals surface area contributed by atoms with Gasteiger partial charge in [0.25, 0.3) is 0 Å². The molecule has 3 N–H and O–H groups in total. The third-order valence-electron chi connectivity index (χ3n) is 2.44. The van der Waals surface area contributed by atoms with Crippen LogP contribution < -0.4 is 5.73 Å². The van der Waals surface area contributed by atoms with Gasteiger partial charge < -0.3 is 10.7 Å². The van der Waals surface area contributed by atoms with Crippen molar-refractivity contribution < 1.29 is 0 Å². The summed E-state index contributed by atoms with van der Waals surface area (Å²) in [4.78, 5) is 3.16. The van der Waals surface area contributed by atoms with Gasteiger partial charge in [-0.3, -0.25) is 0 Å². The molecule has 0 atom stereocenters. The highest BCUT2D eigenvalue weighted by Crippen LogP contribution is 2.26. The zero-order valence-electron chi connectivity index (χ0n) is 8.10. The summed E-state index contributed by atoms with van der Waals surface area (Å²) in [6.07, 6.45) is 2.85. The largest absolute Gasteiger partial charge is 0.360 e. The standard InChI is InChI=1S/C11H13ClN2/c1-7-6-14-11-9(7)4-8(2-3-13)5-10(11)12/h4-6,14H,2-3,13H2,1H3. The minimum Gasteiger partial charge on any atom is -0.360 e. The van der Waals surface area contributed by atoms with Crippen LogP contribution in [0.25, 0.3) is 10.9 Å². The molecule has 0 radical (unpaired) electrons. The van der Waals surface area contributed by atoms with Gasteiger partial charge in [-0.2, -0.15) is 0 Å². The van der Waals surface area contributed by atoms with Crippen molar-refractivity contribution in [2.45, 2.75) is 13.3 Å². The number of rotatable bonds is 2. The van der Waals surface area contributed by atoms with Gasteiger partial charge in [0.05, 0.1) is 10.5 Å². The van der Waals surface area contributed by atoms with Gasteiger partial charge in [-0.15, -0.1) is 0 Å². The van der Waals surface area contributed by atoms with Crippen molar-refractivity contribution in [2.24, 2.45) is 5.73 Å². The molecular weight excluding hydrogens is 196 g/mol. The van der Waals surface area contributed by atoms with Crippen molar-refractivity contribution >= 4 is 22.5 Å². The lowest BCUT2D eigenvalue weighted by atomic mass is 10.1. The molecule has 0 unspecified atom stereocenters. The number of aromatic nitrogens is 1. The average Bonchev–Trinajstić information content (AvgIpc) is 2.49. The van der Waals surface area contributed by atoms with Crippen LogP contribution in [0.5, 0.6) is 0 Å². The van der Waals surface area contributed by atoms with Gasteiger partial charge in [0, 0.05) is 11.6 Å². The molecule has 2 aromatic rings. The van der Waals surface area contributed by atoms with Gasteiger partial charge in [-0.05, 0) is 43.1 Å². The first kappa shape index (κ1) is 9.56. The fourth-order valence-corrected chi connectivity index (χ4v) is 1.99. The SMILES string of the molecule is Cc1c[nH]c2c(Cl)cc(CCN)cc12. The lowest BCUT2D eigenvalue weighted by Gasteiger charge is -2.02. The number of H-pyrrole nitrogens is 1. The molecule has 1 aromatic carbocycles. The van der Waals surface area contributed by atoms with E-state index in [4.69, 9.17) is 17.3 Å². The van der Waals surface area contributed by atoms with E-state index in [0.717, 1.165) is 17.0 Å². The molecule has 0 bridgehead atoms. The molecule has 1 aromatic heterocycles. The molecule has 0 aliphatic heterocycles. The number of nitrogens with one attached hydrogen (secondary N) is 1. The number of aryl methyl sites for hydroxylation is 1. The van der Waals surface area contributed by atoms with Gasteiger partial charge in [0.15, 0.2) is 0 Å². The Balaban J connectivity index is 2.63. The molecule has 0 saturated carbocycles. The Morgan fingerprint density at radius 3 is 2.93 bits per heavy atom. The van der Waals surface area contributed by atoms with Gasteiger partial charge in [0.1, 0.15) is 0 Å². The van der Waals surface area contributed by atoms with Crippen molar-refractivity contribution in [3.8, 4) is 0 Å². The molecule has 0 fully saturated rings. The molecule has 0 amide bonds. The highest BCUT2D eigenvalue weighted by molar-refractivity contribution is 6.35. The number of fused-ring (bicyclic) bond motifs is 1. The van der Waals surface area contributed by atoms with Gasteiger partial charge in [-0.1, -0.05) is 11.6 Å². The normalized spacial score (nSPS) is 11.1. The smallest absolute Gasteiger partial charge is 0.0649 e. The third kappa shape index (κ3) is 1.51. The summed E-state index contributed by atoms with van der Waals surface area (Å²) in [5.41, 5.74) is 8.96. The topological polar surface area (TPSA) is 41.8 Å². The Morgan fingerprint density at radius 1 is 1.43 bits per heavy atom. The average molecular weight is 209 g/mol. The van der Waals surface area contributed by atoms with E-state index < -0.39 is 0 Å². The predicted octanol–water partition coefficient (Wildman–Crippen LogP) is 2.63. The Bertz CT molecular complexity index is 460. The zero-order chi connectivity index (χ0) is 10.1. The number of nitrogens with two attached hydrogens (primary N) is 1. The maximum absolute atomic E-state index is 6.14. The van der Waals surface area contributed by atoms with Crippen LogP contribution in [0.2, 0.25) is 5.02 Å². The fraction of sp³-hybridized carbons (Fsp3) is 0.273. The first-order valence-electron chi connectivity index (χ1n) is 4.68. The van der Waals surface area contributed by atoms with Crippen LogP contribution in [0.15, 0.2) is 18.3 Å². The van der Waals surface area contributed by atoms with Crippen molar-refractivity contribution in [3.63, 3.8) is 0 Å². The Morgan fingerprint density at radius 2 is 2.21 bits per heavy atom. The van der Waals surface area contributed by atoms with E-state index in [1.54, 1.807) is 0 Å². The monoisotopic (exact) mass is 208 g/mol. The molecule has 14 heavy (non-hydrogen) atoms. The van der Waals surface area contributed by atoms with Crippen LogP contribution in [-0.2, 0) is 6.42 Å². The maximum Gasteiger partial charge on any atom is 0.0649 e. The molecule has 1 heterocycles. The van der Waals surface area contributed by atoms with Crippen molar-refractivity contribution in [1.29, 1.82) is 0 Å². The van der Waals surface area contributed by atoms with Crippen LogP contribution >= 0.6 is 11.6 Å². The first-order valence-corrected chi connectivity index (χ1v) is 5.06. The second-order valence-corrected chi connectivity index (χ2v) is 3.92. The molecule has 0 aliphatic carbocycles. The van der Waals surface area contributed by atoms with E-state index in [1.165, 1.54) is 16.5 Å². The van der Waals surface area contributed by atoms with E-state index in [1.807, 2.05) is 12.3 Å². The fourth-order valence-electron chi connectivity index (χ4n) is 1.69. The van der Waals surface area contributed by atoms with Crippen LogP contribution in [-0.4, -0.2) is 11.5 Å². The van der Waals surface area contributed by atoms with E-state index in [0.29, 0.717) is 6.54 Å². The van der Waals surface area contributed by atoms with Crippen LogP contribution in [0.3, 0.4) is 0 Å². The summed E-state index contributed by atoms with van der Waals surface area (Å²) in [6.45, 7) is 2.73. The van der Waals surface area contributed by atoms with E-state index >= 15 is 0 Å². The second-order valence-electron chi connectivity index (χ2n) is 3.51. The summed E-state index contributed by atoms with van der Waals surface area (Å²) < 4.78 is 0. The number of aromatic amines is 1. The Kier molecular flexibility index (Phi) is 2.48. The lowest BCUT2D eigenvalue weighted by molar-refractivity contribution is 0.971. The van der Waals surface area contributed by atoms with Crippen molar-refractivity contribution in [1.82, 2.24) is 4.98 Å². The van der Waals surface area contributed by atoms with Gasteiger partial charge in [0.2, 0.25) is 0 Å². The summed E-state index contributed by atoms with van der Waals surface area (Å²) in [7, 11) is 0. The maximum atomic E-state index is 6.14. The highest BCUT2D eigenvalue weighted by Gasteiger charge is 2.05. The van der Waals surface area contributed by atoms with Crippen LogP contribution in [0.4, 0.5) is 0 Å². The summed E-state index contributed by atoms with van der Waals surface area (Å²) in [5.74, 6) is 0. The number of halogens is 1. The summed E-state index contributed by atoms with van der Waals surface area (Å²) in [5, 5.41) is 1.97. The molecule has 2 nitrogen and oxygen atoms in total. The lowest BCUT2D eigenvalue weighted by Crippen LogP contribution is -2.02. The molecule has 3 heteroatoms. The van der Waals surface area contributed by atoms with E-state index in [9.17, 15) is 0 Å². The first-order chi connectivity index (χ1) is 6.72.